The lowest BCUT2D eigenvalue weighted by Gasteiger charge is -2.10. The maximum absolute atomic E-state index is 12.5. The standard InChI is InChI=1S/C20H18ClNO2S2/c21-15-7-9-16(10-8-15)24-12-11-22-20(23)18-5-1-2-6-19(18)26-14-17-4-3-13-25-17/h1-10,13H,11-12,14H2,(H,22,23). The highest BCUT2D eigenvalue weighted by Gasteiger charge is 2.11. The van der Waals surface area contributed by atoms with Gasteiger partial charge in [-0.15, -0.1) is 23.1 Å². The molecule has 0 bridgehead atoms. The molecule has 1 N–H and O–H groups in total. The Bertz CT molecular complexity index is 835. The van der Waals surface area contributed by atoms with Crippen molar-refractivity contribution in [2.75, 3.05) is 13.2 Å². The van der Waals surface area contributed by atoms with Gasteiger partial charge in [0.15, 0.2) is 0 Å². The Balaban J connectivity index is 1.50. The third-order valence-corrected chi connectivity index (χ3v) is 5.99. The molecule has 3 rings (SSSR count). The second kappa shape index (κ2) is 9.67. The van der Waals surface area contributed by atoms with Crippen LogP contribution in [0.25, 0.3) is 0 Å². The Hall–Kier alpha value is -1.95. The molecular formula is C20H18ClNO2S2. The molecule has 0 unspecified atom stereocenters. The molecule has 1 amide bonds. The maximum atomic E-state index is 12.5. The van der Waals surface area contributed by atoms with Gasteiger partial charge < -0.3 is 10.1 Å². The summed E-state index contributed by atoms with van der Waals surface area (Å²) in [4.78, 5) is 14.8. The van der Waals surface area contributed by atoms with E-state index in [-0.39, 0.29) is 5.91 Å². The molecule has 0 atom stereocenters. The van der Waals surface area contributed by atoms with Crippen LogP contribution in [0, 0.1) is 0 Å². The van der Waals surface area contributed by atoms with Gasteiger partial charge in [0.05, 0.1) is 12.1 Å². The Morgan fingerprint density at radius 3 is 2.65 bits per heavy atom. The van der Waals surface area contributed by atoms with E-state index in [4.69, 9.17) is 16.3 Å². The minimum absolute atomic E-state index is 0.0843. The van der Waals surface area contributed by atoms with Crippen molar-refractivity contribution >= 4 is 40.6 Å². The predicted molar refractivity (Wildman–Crippen MR) is 110 cm³/mol. The molecule has 1 aromatic heterocycles. The first-order valence-electron chi connectivity index (χ1n) is 8.13. The normalized spacial score (nSPS) is 10.5. The van der Waals surface area contributed by atoms with Crippen molar-refractivity contribution in [3.63, 3.8) is 0 Å². The van der Waals surface area contributed by atoms with Gasteiger partial charge in [0.2, 0.25) is 0 Å². The Morgan fingerprint density at radius 1 is 1.08 bits per heavy atom. The summed E-state index contributed by atoms with van der Waals surface area (Å²) in [5.41, 5.74) is 0.695. The van der Waals surface area contributed by atoms with Crippen molar-refractivity contribution in [3.05, 3.63) is 81.5 Å². The molecule has 0 aliphatic rings. The highest BCUT2D eigenvalue weighted by atomic mass is 35.5. The minimum Gasteiger partial charge on any atom is -0.492 e. The fourth-order valence-electron chi connectivity index (χ4n) is 2.28. The number of thiophene rings is 1. The van der Waals surface area contributed by atoms with Gasteiger partial charge in [-0.3, -0.25) is 4.79 Å². The van der Waals surface area contributed by atoms with E-state index in [2.05, 4.69) is 16.8 Å². The number of carbonyl (C=O) groups is 1. The topological polar surface area (TPSA) is 38.3 Å². The molecule has 1 heterocycles. The quantitative estimate of drug-likeness (QED) is 0.398. The van der Waals surface area contributed by atoms with Gasteiger partial charge in [0.25, 0.3) is 5.91 Å². The summed E-state index contributed by atoms with van der Waals surface area (Å²) in [6.07, 6.45) is 0. The van der Waals surface area contributed by atoms with Crippen LogP contribution in [0.3, 0.4) is 0 Å². The number of benzene rings is 2. The molecule has 0 aliphatic heterocycles. The van der Waals surface area contributed by atoms with E-state index in [1.165, 1.54) is 4.88 Å². The second-order valence-electron chi connectivity index (χ2n) is 5.42. The lowest BCUT2D eigenvalue weighted by atomic mass is 10.2. The molecule has 0 saturated carbocycles. The van der Waals surface area contributed by atoms with Crippen molar-refractivity contribution < 1.29 is 9.53 Å². The third kappa shape index (κ3) is 5.53. The number of carbonyl (C=O) groups excluding carboxylic acids is 1. The Kier molecular flexibility index (Phi) is 7.00. The van der Waals surface area contributed by atoms with Crippen LogP contribution < -0.4 is 10.1 Å². The van der Waals surface area contributed by atoms with Crippen molar-refractivity contribution in [2.24, 2.45) is 0 Å². The van der Waals surface area contributed by atoms with Crippen molar-refractivity contribution in [1.29, 1.82) is 0 Å². The average Bonchev–Trinajstić information content (AvgIpc) is 3.19. The first-order chi connectivity index (χ1) is 12.7. The van der Waals surface area contributed by atoms with Crippen LogP contribution in [-0.4, -0.2) is 19.1 Å². The van der Waals surface area contributed by atoms with Gasteiger partial charge in [-0.2, -0.15) is 0 Å². The van der Waals surface area contributed by atoms with E-state index in [0.717, 1.165) is 16.4 Å². The molecule has 0 fully saturated rings. The van der Waals surface area contributed by atoms with E-state index < -0.39 is 0 Å². The van der Waals surface area contributed by atoms with E-state index in [1.807, 2.05) is 30.3 Å². The second-order valence-corrected chi connectivity index (χ2v) is 7.91. The van der Waals surface area contributed by atoms with Gasteiger partial charge in [-0.05, 0) is 47.8 Å². The predicted octanol–water partition coefficient (Wildman–Crippen LogP) is 5.50. The van der Waals surface area contributed by atoms with Crippen LogP contribution in [0.2, 0.25) is 5.02 Å². The first kappa shape index (κ1) is 18.8. The number of nitrogens with one attached hydrogen (secondary N) is 1. The van der Waals surface area contributed by atoms with Crippen LogP contribution in [0.15, 0.2) is 70.9 Å². The molecule has 26 heavy (non-hydrogen) atoms. The van der Waals surface area contributed by atoms with E-state index in [0.29, 0.717) is 23.7 Å². The summed E-state index contributed by atoms with van der Waals surface area (Å²) in [6.45, 7) is 0.837. The van der Waals surface area contributed by atoms with E-state index in [9.17, 15) is 4.79 Å². The van der Waals surface area contributed by atoms with Crippen LogP contribution in [0.1, 0.15) is 15.2 Å². The van der Waals surface area contributed by atoms with Crippen molar-refractivity contribution in [3.8, 4) is 5.75 Å². The fourth-order valence-corrected chi connectivity index (χ4v) is 4.23. The lowest BCUT2D eigenvalue weighted by Crippen LogP contribution is -2.28. The summed E-state index contributed by atoms with van der Waals surface area (Å²) in [6, 6.07) is 19.0. The Morgan fingerprint density at radius 2 is 1.88 bits per heavy atom. The smallest absolute Gasteiger partial charge is 0.252 e. The molecule has 3 nitrogen and oxygen atoms in total. The van der Waals surface area contributed by atoms with E-state index in [1.54, 1.807) is 47.4 Å². The van der Waals surface area contributed by atoms with Gasteiger partial charge in [0.1, 0.15) is 12.4 Å². The summed E-state index contributed by atoms with van der Waals surface area (Å²) in [5, 5.41) is 5.65. The SMILES string of the molecule is O=C(NCCOc1ccc(Cl)cc1)c1ccccc1SCc1cccs1. The van der Waals surface area contributed by atoms with Gasteiger partial charge in [-0.1, -0.05) is 29.8 Å². The molecule has 134 valence electrons. The third-order valence-electron chi connectivity index (χ3n) is 3.55. The zero-order chi connectivity index (χ0) is 18.2. The average molecular weight is 404 g/mol. The zero-order valence-corrected chi connectivity index (χ0v) is 16.4. The van der Waals surface area contributed by atoms with Gasteiger partial charge in [-0.25, -0.2) is 0 Å². The largest absolute Gasteiger partial charge is 0.492 e. The number of ether oxygens (including phenoxy) is 1. The molecule has 6 heteroatoms. The molecule has 2 aromatic carbocycles. The molecule has 0 radical (unpaired) electrons. The zero-order valence-electron chi connectivity index (χ0n) is 14.0. The number of hydrogen-bond acceptors (Lipinski definition) is 4. The number of thioether (sulfide) groups is 1. The number of amides is 1. The molecule has 0 aliphatic carbocycles. The van der Waals surface area contributed by atoms with Crippen LogP contribution in [-0.2, 0) is 5.75 Å². The Labute approximate surface area is 166 Å². The molecule has 0 spiro atoms. The van der Waals surface area contributed by atoms with Gasteiger partial charge in [0, 0.05) is 20.5 Å². The number of halogens is 1. The monoisotopic (exact) mass is 403 g/mol. The fraction of sp³-hybridized carbons (Fsp3) is 0.150. The summed E-state index contributed by atoms with van der Waals surface area (Å²) in [7, 11) is 0. The summed E-state index contributed by atoms with van der Waals surface area (Å²) < 4.78 is 5.60. The van der Waals surface area contributed by atoms with Crippen molar-refractivity contribution in [2.45, 2.75) is 10.6 Å². The summed E-state index contributed by atoms with van der Waals surface area (Å²) >= 11 is 9.24. The molecular weight excluding hydrogens is 386 g/mol. The molecule has 0 saturated heterocycles. The van der Waals surface area contributed by atoms with E-state index >= 15 is 0 Å². The van der Waals surface area contributed by atoms with Crippen LogP contribution in [0.5, 0.6) is 5.75 Å². The highest BCUT2D eigenvalue weighted by molar-refractivity contribution is 7.98. The summed E-state index contributed by atoms with van der Waals surface area (Å²) in [5.74, 6) is 1.51. The first-order valence-corrected chi connectivity index (χ1v) is 10.4. The lowest BCUT2D eigenvalue weighted by molar-refractivity contribution is 0.0944. The van der Waals surface area contributed by atoms with Crippen LogP contribution >= 0.6 is 34.7 Å². The van der Waals surface area contributed by atoms with Crippen molar-refractivity contribution in [1.82, 2.24) is 5.32 Å². The molecule has 3 aromatic rings. The maximum Gasteiger partial charge on any atom is 0.252 e. The highest BCUT2D eigenvalue weighted by Crippen LogP contribution is 2.27. The number of rotatable bonds is 8. The van der Waals surface area contributed by atoms with Crippen LogP contribution in [0.4, 0.5) is 0 Å². The minimum atomic E-state index is -0.0843. The number of hydrogen-bond donors (Lipinski definition) is 1. The van der Waals surface area contributed by atoms with Gasteiger partial charge >= 0.3 is 0 Å².